The lowest BCUT2D eigenvalue weighted by Gasteiger charge is -2.17. The summed E-state index contributed by atoms with van der Waals surface area (Å²) in [6, 6.07) is 0. The molecule has 0 aliphatic heterocycles. The number of carbonyl (C=O) groups excluding carboxylic acids is 1. The molecule has 0 aliphatic rings. The molecule has 0 aromatic rings. The van der Waals surface area contributed by atoms with Crippen molar-refractivity contribution in [1.82, 2.24) is 5.32 Å². The van der Waals surface area contributed by atoms with Gasteiger partial charge in [-0.3, -0.25) is 4.79 Å². The van der Waals surface area contributed by atoms with Crippen LogP contribution in [0.2, 0.25) is 0 Å². The Kier molecular flexibility index (Phi) is 6.54. The Hall–Kier alpha value is -0.610. The van der Waals surface area contributed by atoms with Crippen molar-refractivity contribution in [2.24, 2.45) is 0 Å². The third-order valence-corrected chi connectivity index (χ3v) is 1.53. The summed E-state index contributed by atoms with van der Waals surface area (Å²) in [4.78, 5) is 10.6. The predicted molar refractivity (Wildman–Crippen MR) is 50.6 cm³/mol. The van der Waals surface area contributed by atoms with Crippen LogP contribution in [-0.2, 0) is 14.3 Å². The summed E-state index contributed by atoms with van der Waals surface area (Å²) in [6.45, 7) is 6.42. The highest BCUT2D eigenvalue weighted by molar-refractivity contribution is 5.72. The Morgan fingerprint density at radius 1 is 1.46 bits per heavy atom. The van der Waals surface area contributed by atoms with Crippen LogP contribution in [0, 0.1) is 0 Å². The predicted octanol–water partition coefficient (Wildman–Crippen LogP) is 0.562. The van der Waals surface area contributed by atoms with E-state index in [-0.39, 0.29) is 18.1 Å². The molecule has 1 amide bonds. The Bertz CT molecular complexity index is 148. The van der Waals surface area contributed by atoms with Crippen LogP contribution in [0.1, 0.15) is 20.8 Å². The van der Waals surface area contributed by atoms with E-state index < -0.39 is 0 Å². The van der Waals surface area contributed by atoms with Crippen LogP contribution in [0.4, 0.5) is 0 Å². The molecular weight excluding hydrogens is 170 g/mol. The molecule has 1 atom stereocenters. The molecule has 0 fully saturated rings. The van der Waals surface area contributed by atoms with E-state index in [9.17, 15) is 4.79 Å². The molecule has 0 bridgehead atoms. The number of ether oxygens (including phenoxy) is 2. The Morgan fingerprint density at radius 2 is 2.08 bits per heavy atom. The van der Waals surface area contributed by atoms with E-state index in [4.69, 9.17) is 9.47 Å². The normalized spacial score (nSPS) is 13.0. The van der Waals surface area contributed by atoms with Gasteiger partial charge in [0.15, 0.2) is 0 Å². The van der Waals surface area contributed by atoms with Crippen molar-refractivity contribution < 1.29 is 14.3 Å². The van der Waals surface area contributed by atoms with Crippen molar-refractivity contribution in [3.63, 3.8) is 0 Å². The molecule has 0 spiro atoms. The van der Waals surface area contributed by atoms with Crippen LogP contribution in [0.25, 0.3) is 0 Å². The lowest BCUT2D eigenvalue weighted by atomic mass is 10.3. The standard InChI is InChI=1S/C9H19NO3/c1-7(2)13-6-9(12-4)5-10-8(3)11/h7,9H,5-6H2,1-4H3,(H,10,11). The van der Waals surface area contributed by atoms with Crippen molar-refractivity contribution >= 4 is 5.91 Å². The minimum atomic E-state index is -0.0636. The fourth-order valence-electron chi connectivity index (χ4n) is 0.768. The molecule has 0 aromatic heterocycles. The van der Waals surface area contributed by atoms with E-state index in [0.717, 1.165) is 0 Å². The minimum absolute atomic E-state index is 0.0494. The highest BCUT2D eigenvalue weighted by atomic mass is 16.5. The third kappa shape index (κ3) is 7.74. The topological polar surface area (TPSA) is 47.6 Å². The van der Waals surface area contributed by atoms with Crippen LogP contribution >= 0.6 is 0 Å². The zero-order chi connectivity index (χ0) is 10.3. The first kappa shape index (κ1) is 12.4. The van der Waals surface area contributed by atoms with Gasteiger partial charge < -0.3 is 14.8 Å². The molecule has 13 heavy (non-hydrogen) atoms. The zero-order valence-corrected chi connectivity index (χ0v) is 8.79. The van der Waals surface area contributed by atoms with Gasteiger partial charge in [0.05, 0.1) is 18.8 Å². The van der Waals surface area contributed by atoms with Crippen molar-refractivity contribution in [3.05, 3.63) is 0 Å². The molecule has 0 saturated carbocycles. The van der Waals surface area contributed by atoms with Gasteiger partial charge >= 0.3 is 0 Å². The third-order valence-electron chi connectivity index (χ3n) is 1.53. The molecule has 0 saturated heterocycles. The summed E-state index contributed by atoms with van der Waals surface area (Å²) >= 11 is 0. The van der Waals surface area contributed by atoms with Gasteiger partial charge in [-0.1, -0.05) is 0 Å². The van der Waals surface area contributed by atoms with Crippen molar-refractivity contribution in [3.8, 4) is 0 Å². The number of amides is 1. The summed E-state index contributed by atoms with van der Waals surface area (Å²) in [7, 11) is 1.61. The van der Waals surface area contributed by atoms with Gasteiger partial charge in [-0.15, -0.1) is 0 Å². The second kappa shape index (κ2) is 6.86. The highest BCUT2D eigenvalue weighted by Gasteiger charge is 2.08. The van der Waals surface area contributed by atoms with Crippen molar-refractivity contribution in [1.29, 1.82) is 0 Å². The lowest BCUT2D eigenvalue weighted by Crippen LogP contribution is -2.35. The van der Waals surface area contributed by atoms with E-state index >= 15 is 0 Å². The first-order valence-corrected chi connectivity index (χ1v) is 4.45. The maximum absolute atomic E-state index is 10.6. The van der Waals surface area contributed by atoms with E-state index in [1.54, 1.807) is 7.11 Å². The summed E-state index contributed by atoms with van der Waals surface area (Å²) in [6.07, 6.45) is 0.126. The highest BCUT2D eigenvalue weighted by Crippen LogP contribution is 1.94. The SMILES string of the molecule is COC(CNC(C)=O)COC(C)C. The fourth-order valence-corrected chi connectivity index (χ4v) is 0.768. The van der Waals surface area contributed by atoms with Gasteiger partial charge in [0.25, 0.3) is 0 Å². The number of hydrogen-bond donors (Lipinski definition) is 1. The summed E-state index contributed by atoms with van der Waals surface area (Å²) in [5.41, 5.74) is 0. The largest absolute Gasteiger partial charge is 0.377 e. The zero-order valence-electron chi connectivity index (χ0n) is 8.79. The molecule has 0 aliphatic carbocycles. The molecule has 0 heterocycles. The molecule has 1 N–H and O–H groups in total. The van der Waals surface area contributed by atoms with E-state index in [0.29, 0.717) is 13.2 Å². The second-order valence-electron chi connectivity index (χ2n) is 3.18. The summed E-state index contributed by atoms with van der Waals surface area (Å²) in [5.74, 6) is -0.0494. The van der Waals surface area contributed by atoms with Crippen molar-refractivity contribution in [2.45, 2.75) is 33.0 Å². The van der Waals surface area contributed by atoms with Crippen LogP contribution in [0.3, 0.4) is 0 Å². The first-order valence-electron chi connectivity index (χ1n) is 4.45. The fraction of sp³-hybridized carbons (Fsp3) is 0.889. The monoisotopic (exact) mass is 189 g/mol. The molecule has 78 valence electrons. The number of nitrogens with one attached hydrogen (secondary N) is 1. The average Bonchev–Trinajstić information content (AvgIpc) is 2.04. The van der Waals surface area contributed by atoms with Crippen LogP contribution in [-0.4, -0.2) is 38.4 Å². The number of carbonyl (C=O) groups is 1. The van der Waals surface area contributed by atoms with Gasteiger partial charge in [-0.2, -0.15) is 0 Å². The molecular formula is C9H19NO3. The smallest absolute Gasteiger partial charge is 0.216 e. The van der Waals surface area contributed by atoms with Crippen molar-refractivity contribution in [2.75, 3.05) is 20.3 Å². The molecule has 0 radical (unpaired) electrons. The van der Waals surface area contributed by atoms with Crippen LogP contribution in [0.15, 0.2) is 0 Å². The van der Waals surface area contributed by atoms with E-state index in [1.165, 1.54) is 6.92 Å². The Balaban J connectivity index is 3.57. The maximum atomic E-state index is 10.6. The Morgan fingerprint density at radius 3 is 2.46 bits per heavy atom. The number of rotatable bonds is 6. The van der Waals surface area contributed by atoms with Gasteiger partial charge in [-0.05, 0) is 13.8 Å². The molecule has 0 rings (SSSR count). The van der Waals surface area contributed by atoms with Gasteiger partial charge in [-0.25, -0.2) is 0 Å². The number of methoxy groups -OCH3 is 1. The summed E-state index contributed by atoms with van der Waals surface area (Å²) in [5, 5.41) is 2.68. The lowest BCUT2D eigenvalue weighted by molar-refractivity contribution is -0.119. The van der Waals surface area contributed by atoms with Crippen LogP contribution in [0.5, 0.6) is 0 Å². The maximum Gasteiger partial charge on any atom is 0.216 e. The molecule has 4 heteroatoms. The van der Waals surface area contributed by atoms with Crippen LogP contribution < -0.4 is 5.32 Å². The molecule has 0 aromatic carbocycles. The van der Waals surface area contributed by atoms with Gasteiger partial charge in [0.1, 0.15) is 0 Å². The first-order chi connectivity index (χ1) is 6.06. The second-order valence-corrected chi connectivity index (χ2v) is 3.18. The number of hydrogen-bond acceptors (Lipinski definition) is 3. The average molecular weight is 189 g/mol. The van der Waals surface area contributed by atoms with Gasteiger partial charge in [0, 0.05) is 20.6 Å². The molecule has 1 unspecified atom stereocenters. The quantitative estimate of drug-likeness (QED) is 0.664. The minimum Gasteiger partial charge on any atom is -0.377 e. The Labute approximate surface area is 79.6 Å². The van der Waals surface area contributed by atoms with E-state index in [1.807, 2.05) is 13.8 Å². The van der Waals surface area contributed by atoms with E-state index in [2.05, 4.69) is 5.32 Å². The summed E-state index contributed by atoms with van der Waals surface area (Å²) < 4.78 is 10.5. The molecule has 4 nitrogen and oxygen atoms in total. The van der Waals surface area contributed by atoms with Gasteiger partial charge in [0.2, 0.25) is 5.91 Å².